The van der Waals surface area contributed by atoms with E-state index in [1.807, 2.05) is 23.1 Å². The Labute approximate surface area is 208 Å². The van der Waals surface area contributed by atoms with Crippen molar-refractivity contribution in [1.82, 2.24) is 24.6 Å². The number of pyridine rings is 1. The van der Waals surface area contributed by atoms with Crippen LogP contribution in [0.15, 0.2) is 71.5 Å². The molecule has 1 saturated heterocycles. The molecular weight excluding hydrogens is 462 g/mol. The zero-order chi connectivity index (χ0) is 23.5. The summed E-state index contributed by atoms with van der Waals surface area (Å²) in [4.78, 5) is 20.8. The number of benzene rings is 1. The number of aromatic nitrogens is 4. The van der Waals surface area contributed by atoms with Gasteiger partial charge in [0.1, 0.15) is 0 Å². The van der Waals surface area contributed by atoms with Gasteiger partial charge in [-0.15, -0.1) is 21.5 Å². The summed E-state index contributed by atoms with van der Waals surface area (Å²) in [6.07, 6.45) is 5.62. The Kier molecular flexibility index (Phi) is 6.78. The largest absolute Gasteiger partial charge is 0.334 e. The van der Waals surface area contributed by atoms with Crippen LogP contribution in [0.2, 0.25) is 0 Å². The maximum Gasteiger partial charge on any atom is 0.233 e. The zero-order valence-corrected chi connectivity index (χ0v) is 20.9. The number of carbonyl (C=O) groups is 1. The van der Waals surface area contributed by atoms with Crippen molar-refractivity contribution in [3.8, 4) is 17.1 Å². The van der Waals surface area contributed by atoms with Crippen LogP contribution < -0.4 is 0 Å². The molecule has 174 valence electrons. The molecule has 8 heteroatoms. The van der Waals surface area contributed by atoms with Crippen LogP contribution >= 0.6 is 23.1 Å². The normalized spacial score (nSPS) is 15.9. The molecule has 0 N–H and O–H groups in total. The summed E-state index contributed by atoms with van der Waals surface area (Å²) in [6, 6.07) is 16.6. The summed E-state index contributed by atoms with van der Waals surface area (Å²) in [5, 5.41) is 11.8. The average molecular weight is 490 g/mol. The van der Waals surface area contributed by atoms with Crippen molar-refractivity contribution in [1.29, 1.82) is 0 Å². The monoisotopic (exact) mass is 489 g/mol. The van der Waals surface area contributed by atoms with E-state index in [4.69, 9.17) is 0 Å². The van der Waals surface area contributed by atoms with E-state index in [0.717, 1.165) is 36.5 Å². The van der Waals surface area contributed by atoms with E-state index in [2.05, 4.69) is 69.3 Å². The molecule has 3 aromatic heterocycles. The maximum absolute atomic E-state index is 13.3. The molecule has 1 aliphatic heterocycles. The van der Waals surface area contributed by atoms with Crippen LogP contribution in [0, 0.1) is 0 Å². The smallest absolute Gasteiger partial charge is 0.233 e. The fourth-order valence-corrected chi connectivity index (χ4v) is 6.20. The third-order valence-corrected chi connectivity index (χ3v) is 8.01. The van der Waals surface area contributed by atoms with Gasteiger partial charge in [0, 0.05) is 29.4 Å². The van der Waals surface area contributed by atoms with E-state index in [1.165, 1.54) is 22.2 Å². The molecule has 1 amide bonds. The molecule has 34 heavy (non-hydrogen) atoms. The van der Waals surface area contributed by atoms with Crippen molar-refractivity contribution in [3.63, 3.8) is 0 Å². The lowest BCUT2D eigenvalue weighted by atomic mass is 10.0. The standard InChI is InChI=1S/C26H27N5OS2/c1-18(2)20-9-3-4-10-21(20)31-25(19-8-5-13-27-16-19)28-29-26(31)34-17-24(32)30-14-6-11-22(30)23-12-7-15-33-23/h3-5,7-10,12-13,15-16,18,22H,6,11,14,17H2,1-2H3. The number of nitrogens with zero attached hydrogens (tertiary/aromatic N) is 5. The number of likely N-dealkylation sites (tertiary alicyclic amines) is 1. The molecule has 1 aliphatic rings. The lowest BCUT2D eigenvalue weighted by Gasteiger charge is -2.24. The number of para-hydroxylation sites is 1. The van der Waals surface area contributed by atoms with Crippen LogP contribution in [0.3, 0.4) is 0 Å². The Bertz CT molecular complexity index is 1250. The van der Waals surface area contributed by atoms with Gasteiger partial charge in [0.2, 0.25) is 5.91 Å². The van der Waals surface area contributed by atoms with Gasteiger partial charge in [-0.2, -0.15) is 0 Å². The van der Waals surface area contributed by atoms with Crippen molar-refractivity contribution in [2.24, 2.45) is 0 Å². The minimum atomic E-state index is 0.149. The number of thiophene rings is 1. The van der Waals surface area contributed by atoms with Crippen molar-refractivity contribution in [2.45, 2.75) is 43.8 Å². The van der Waals surface area contributed by atoms with Crippen molar-refractivity contribution < 1.29 is 4.79 Å². The highest BCUT2D eigenvalue weighted by molar-refractivity contribution is 7.99. The second-order valence-corrected chi connectivity index (χ2v) is 10.6. The van der Waals surface area contributed by atoms with Gasteiger partial charge in [0.05, 0.1) is 17.5 Å². The van der Waals surface area contributed by atoms with Gasteiger partial charge in [-0.1, -0.05) is 49.9 Å². The number of hydrogen-bond acceptors (Lipinski definition) is 6. The summed E-state index contributed by atoms with van der Waals surface area (Å²) < 4.78 is 2.07. The van der Waals surface area contributed by atoms with E-state index >= 15 is 0 Å². The molecule has 1 unspecified atom stereocenters. The molecule has 0 saturated carbocycles. The third kappa shape index (κ3) is 4.52. The maximum atomic E-state index is 13.3. The Morgan fingerprint density at radius 3 is 2.79 bits per heavy atom. The third-order valence-electron chi connectivity index (χ3n) is 6.12. The minimum absolute atomic E-state index is 0.149. The van der Waals surface area contributed by atoms with Gasteiger partial charge < -0.3 is 4.90 Å². The van der Waals surface area contributed by atoms with Crippen LogP contribution in [-0.4, -0.2) is 42.9 Å². The first kappa shape index (κ1) is 22.8. The molecular formula is C26H27N5OS2. The predicted octanol–water partition coefficient (Wildman–Crippen LogP) is 5.97. The SMILES string of the molecule is CC(C)c1ccccc1-n1c(SCC(=O)N2CCCC2c2cccs2)nnc1-c1cccnc1. The Balaban J connectivity index is 1.46. The molecule has 0 aliphatic carbocycles. The topological polar surface area (TPSA) is 63.9 Å². The van der Waals surface area contributed by atoms with Crippen LogP contribution in [0.5, 0.6) is 0 Å². The van der Waals surface area contributed by atoms with Gasteiger partial charge in [-0.25, -0.2) is 0 Å². The fraction of sp³-hybridized carbons (Fsp3) is 0.308. The Morgan fingerprint density at radius 2 is 2.03 bits per heavy atom. The van der Waals surface area contributed by atoms with Crippen LogP contribution in [0.4, 0.5) is 0 Å². The van der Waals surface area contributed by atoms with Gasteiger partial charge in [-0.05, 0) is 54.0 Å². The van der Waals surface area contributed by atoms with Crippen LogP contribution in [-0.2, 0) is 4.79 Å². The van der Waals surface area contributed by atoms with Crippen molar-refractivity contribution >= 4 is 29.0 Å². The molecule has 6 nitrogen and oxygen atoms in total. The first-order valence-electron chi connectivity index (χ1n) is 11.5. The highest BCUT2D eigenvalue weighted by Gasteiger charge is 2.31. The molecule has 0 radical (unpaired) electrons. The summed E-state index contributed by atoms with van der Waals surface area (Å²) in [5.74, 6) is 1.54. The molecule has 0 spiro atoms. The molecule has 4 aromatic rings. The summed E-state index contributed by atoms with van der Waals surface area (Å²) in [6.45, 7) is 5.18. The Morgan fingerprint density at radius 1 is 1.15 bits per heavy atom. The molecule has 1 fully saturated rings. The lowest BCUT2D eigenvalue weighted by molar-refractivity contribution is -0.129. The van der Waals surface area contributed by atoms with Crippen molar-refractivity contribution in [3.05, 3.63) is 76.7 Å². The number of hydrogen-bond donors (Lipinski definition) is 0. The molecule has 4 heterocycles. The van der Waals surface area contributed by atoms with E-state index < -0.39 is 0 Å². The molecule has 0 bridgehead atoms. The first-order chi connectivity index (χ1) is 16.6. The highest BCUT2D eigenvalue weighted by atomic mass is 32.2. The zero-order valence-electron chi connectivity index (χ0n) is 19.3. The summed E-state index contributed by atoms with van der Waals surface area (Å²) in [5.41, 5.74) is 3.14. The second kappa shape index (κ2) is 10.1. The number of carbonyl (C=O) groups excluding carboxylic acids is 1. The molecule has 5 rings (SSSR count). The quantitative estimate of drug-likeness (QED) is 0.299. The molecule has 1 atom stereocenters. The van der Waals surface area contributed by atoms with Gasteiger partial charge in [0.15, 0.2) is 11.0 Å². The lowest BCUT2D eigenvalue weighted by Crippen LogP contribution is -2.31. The number of rotatable bonds is 7. The Hall–Kier alpha value is -2.97. The predicted molar refractivity (Wildman–Crippen MR) is 137 cm³/mol. The van der Waals surface area contributed by atoms with E-state index in [0.29, 0.717) is 16.8 Å². The number of thioether (sulfide) groups is 1. The second-order valence-electron chi connectivity index (χ2n) is 8.65. The van der Waals surface area contributed by atoms with E-state index in [9.17, 15) is 4.79 Å². The molecule has 1 aromatic carbocycles. The summed E-state index contributed by atoms with van der Waals surface area (Å²) in [7, 11) is 0. The first-order valence-corrected chi connectivity index (χ1v) is 13.4. The van der Waals surface area contributed by atoms with Crippen LogP contribution in [0.1, 0.15) is 49.1 Å². The average Bonchev–Trinajstić information content (AvgIpc) is 3.63. The summed E-state index contributed by atoms with van der Waals surface area (Å²) >= 11 is 3.18. The minimum Gasteiger partial charge on any atom is -0.334 e. The van der Waals surface area contributed by atoms with Gasteiger partial charge >= 0.3 is 0 Å². The van der Waals surface area contributed by atoms with E-state index in [-0.39, 0.29) is 11.9 Å². The van der Waals surface area contributed by atoms with E-state index in [1.54, 1.807) is 23.7 Å². The van der Waals surface area contributed by atoms with Gasteiger partial charge in [-0.3, -0.25) is 14.3 Å². The van der Waals surface area contributed by atoms with Crippen LogP contribution in [0.25, 0.3) is 17.1 Å². The highest BCUT2D eigenvalue weighted by Crippen LogP contribution is 2.36. The van der Waals surface area contributed by atoms with Crippen molar-refractivity contribution in [2.75, 3.05) is 12.3 Å². The van der Waals surface area contributed by atoms with Gasteiger partial charge in [0.25, 0.3) is 0 Å². The number of amides is 1. The fourth-order valence-electron chi connectivity index (χ4n) is 4.49.